The smallest absolute Gasteiger partial charge is 0.416 e. The van der Waals surface area contributed by atoms with Gasteiger partial charge in [0.2, 0.25) is 0 Å². The van der Waals surface area contributed by atoms with Crippen LogP contribution in [0.1, 0.15) is 46.8 Å². The maximum atomic E-state index is 13.9. The zero-order chi connectivity index (χ0) is 37.6. The summed E-state index contributed by atoms with van der Waals surface area (Å²) >= 11 is 0. The number of hydrogen-bond donors (Lipinski definition) is 1. The van der Waals surface area contributed by atoms with Gasteiger partial charge in [-0.05, 0) is 90.6 Å². The van der Waals surface area contributed by atoms with Crippen molar-refractivity contribution in [2.24, 2.45) is 5.92 Å². The maximum Gasteiger partial charge on any atom is 0.416 e. The van der Waals surface area contributed by atoms with Crippen molar-refractivity contribution >= 4 is 12.1 Å². The number of alkyl halides is 9. The largest absolute Gasteiger partial charge is 0.496 e. The van der Waals surface area contributed by atoms with Crippen LogP contribution in [0.5, 0.6) is 5.75 Å². The SMILES string of the molecule is COc1ccc(-c2ccc(C(=O)O)cc2C)cc1-c1ccc(C(F)(F)F)cc1CN1C(=O)O[C@H](C2C=C(C(F)(F)F)C=C(C(F)(F)F)C2)C[C@@H]1C. The average Bonchev–Trinajstić information content (AvgIpc) is 3.04. The molecule has 6 nitrogen and oxygen atoms in total. The fourth-order valence-corrected chi connectivity index (χ4v) is 6.38. The van der Waals surface area contributed by atoms with E-state index in [-0.39, 0.29) is 34.9 Å². The summed E-state index contributed by atoms with van der Waals surface area (Å²) in [6.45, 7) is 2.70. The number of methoxy groups -OCH3 is 1. The van der Waals surface area contributed by atoms with Gasteiger partial charge in [-0.25, -0.2) is 9.59 Å². The summed E-state index contributed by atoms with van der Waals surface area (Å²) in [5, 5.41) is 9.35. The number of cyclic esters (lactones) is 1. The molecule has 1 aliphatic carbocycles. The Morgan fingerprint density at radius 3 is 2.16 bits per heavy atom. The Hall–Kier alpha value is -4.95. The van der Waals surface area contributed by atoms with Gasteiger partial charge >= 0.3 is 30.6 Å². The van der Waals surface area contributed by atoms with Gasteiger partial charge in [0.05, 0.1) is 23.8 Å². The van der Waals surface area contributed by atoms with E-state index >= 15 is 0 Å². The number of carbonyl (C=O) groups is 2. The third kappa shape index (κ3) is 8.02. The molecule has 0 saturated carbocycles. The van der Waals surface area contributed by atoms with E-state index in [1.165, 1.54) is 32.2 Å². The fraction of sp³-hybridized carbons (Fsp3) is 0.333. The monoisotopic (exact) mass is 727 g/mol. The number of rotatable bonds is 7. The van der Waals surface area contributed by atoms with E-state index in [1.54, 1.807) is 31.2 Å². The topological polar surface area (TPSA) is 76.1 Å². The lowest BCUT2D eigenvalue weighted by Gasteiger charge is -2.40. The van der Waals surface area contributed by atoms with Crippen LogP contribution in [0.2, 0.25) is 0 Å². The number of aromatic carboxylic acids is 1. The van der Waals surface area contributed by atoms with Crippen LogP contribution in [0.25, 0.3) is 22.3 Å². The molecule has 1 fully saturated rings. The highest BCUT2D eigenvalue weighted by Gasteiger charge is 2.46. The number of benzene rings is 3. The van der Waals surface area contributed by atoms with Crippen molar-refractivity contribution in [3.8, 4) is 28.0 Å². The Morgan fingerprint density at radius 1 is 0.902 bits per heavy atom. The predicted octanol–water partition coefficient (Wildman–Crippen LogP) is 10.2. The lowest BCUT2D eigenvalue weighted by Crippen LogP contribution is -2.49. The zero-order valence-corrected chi connectivity index (χ0v) is 27.1. The molecule has 0 spiro atoms. The molecule has 3 atom stereocenters. The van der Waals surface area contributed by atoms with E-state index in [0.717, 1.165) is 17.0 Å². The molecule has 3 aromatic carbocycles. The molecular weight excluding hydrogens is 697 g/mol. The summed E-state index contributed by atoms with van der Waals surface area (Å²) in [6.07, 6.45) is -17.9. The van der Waals surface area contributed by atoms with Crippen LogP contribution >= 0.6 is 0 Å². The molecule has 1 unspecified atom stereocenters. The van der Waals surface area contributed by atoms with Crippen molar-refractivity contribution in [3.63, 3.8) is 0 Å². The van der Waals surface area contributed by atoms with Gasteiger partial charge in [-0.1, -0.05) is 24.3 Å². The van der Waals surface area contributed by atoms with E-state index in [1.807, 2.05) is 0 Å². The van der Waals surface area contributed by atoms with Gasteiger partial charge in [0, 0.05) is 36.1 Å². The molecule has 3 aromatic rings. The first-order valence-corrected chi connectivity index (χ1v) is 15.4. The highest BCUT2D eigenvalue weighted by molar-refractivity contribution is 5.89. The first kappa shape index (κ1) is 37.3. The van der Waals surface area contributed by atoms with Crippen molar-refractivity contribution in [1.82, 2.24) is 4.90 Å². The summed E-state index contributed by atoms with van der Waals surface area (Å²) in [5.74, 6) is -2.33. The van der Waals surface area contributed by atoms with Crippen molar-refractivity contribution in [2.75, 3.05) is 7.11 Å². The Morgan fingerprint density at radius 2 is 1.59 bits per heavy atom. The van der Waals surface area contributed by atoms with Crippen LogP contribution in [-0.4, -0.2) is 53.7 Å². The standard InChI is InChI=1S/C36H30F9NO5/c1-18-10-21(32(47)48)4-7-27(18)20-5-9-30(50-3)29(15-20)28-8-6-24(34(37,38)39)14-23(28)17-46-19(2)11-31(51-33(46)49)22-12-25(35(40,41)42)16-26(13-22)36(43,44)45/h4-10,12,14-16,19,22,31H,11,13,17H2,1-3H3,(H,47,48)/t19-,22?,31-/m0/s1. The van der Waals surface area contributed by atoms with Crippen LogP contribution in [0, 0.1) is 12.8 Å². The number of ether oxygens (including phenoxy) is 2. The van der Waals surface area contributed by atoms with E-state index in [9.17, 15) is 54.2 Å². The first-order valence-electron chi connectivity index (χ1n) is 15.4. The van der Waals surface area contributed by atoms with Crippen molar-refractivity contribution in [2.45, 2.75) is 63.9 Å². The molecule has 15 heteroatoms. The first-order chi connectivity index (χ1) is 23.7. The van der Waals surface area contributed by atoms with Crippen LogP contribution in [0.15, 0.2) is 77.9 Å². The second kappa shape index (κ2) is 13.6. The quantitative estimate of drug-likeness (QED) is 0.245. The Bertz CT molecular complexity index is 1910. The van der Waals surface area contributed by atoms with Gasteiger partial charge in [0.1, 0.15) is 11.9 Å². The summed E-state index contributed by atoms with van der Waals surface area (Å²) in [7, 11) is 1.35. The minimum atomic E-state index is -5.09. The summed E-state index contributed by atoms with van der Waals surface area (Å²) in [4.78, 5) is 25.9. The van der Waals surface area contributed by atoms with Gasteiger partial charge in [-0.3, -0.25) is 0 Å². The minimum absolute atomic E-state index is 0.000294. The molecule has 2 aliphatic rings. The number of carboxylic acid groups (broad SMARTS) is 1. The highest BCUT2D eigenvalue weighted by Crippen LogP contribution is 2.44. The molecule has 0 bridgehead atoms. The molecule has 1 saturated heterocycles. The van der Waals surface area contributed by atoms with Gasteiger partial charge in [0.15, 0.2) is 0 Å². The average molecular weight is 728 g/mol. The third-order valence-corrected chi connectivity index (χ3v) is 8.99. The Kier molecular flexibility index (Phi) is 9.98. The Labute approximate surface area is 285 Å². The lowest BCUT2D eigenvalue weighted by atomic mass is 9.83. The van der Waals surface area contributed by atoms with Crippen LogP contribution in [0.4, 0.5) is 44.3 Å². The summed E-state index contributed by atoms with van der Waals surface area (Å²) in [6, 6.07) is 11.4. The number of hydrogen-bond acceptors (Lipinski definition) is 4. The van der Waals surface area contributed by atoms with E-state index in [2.05, 4.69) is 0 Å². The van der Waals surface area contributed by atoms with E-state index in [0.29, 0.717) is 28.3 Å². The predicted molar refractivity (Wildman–Crippen MR) is 167 cm³/mol. The van der Waals surface area contributed by atoms with Crippen LogP contribution in [-0.2, 0) is 17.5 Å². The molecule has 1 heterocycles. The van der Waals surface area contributed by atoms with Gasteiger partial charge < -0.3 is 19.5 Å². The van der Waals surface area contributed by atoms with Crippen molar-refractivity contribution in [1.29, 1.82) is 0 Å². The third-order valence-electron chi connectivity index (χ3n) is 8.99. The minimum Gasteiger partial charge on any atom is -0.496 e. The number of carboxylic acids is 1. The zero-order valence-electron chi connectivity index (χ0n) is 27.1. The molecule has 5 rings (SSSR count). The van der Waals surface area contributed by atoms with E-state index in [4.69, 9.17) is 9.47 Å². The van der Waals surface area contributed by atoms with Gasteiger partial charge in [0.25, 0.3) is 0 Å². The second-order valence-electron chi connectivity index (χ2n) is 12.4. The molecular formula is C36H30F9NO5. The number of halogens is 9. The van der Waals surface area contributed by atoms with E-state index < -0.39 is 78.3 Å². The highest BCUT2D eigenvalue weighted by atomic mass is 19.4. The lowest BCUT2D eigenvalue weighted by molar-refractivity contribution is -0.137. The van der Waals surface area contributed by atoms with Crippen LogP contribution in [0.3, 0.4) is 0 Å². The molecule has 51 heavy (non-hydrogen) atoms. The molecule has 1 aliphatic heterocycles. The number of amides is 1. The van der Waals surface area contributed by atoms with Crippen molar-refractivity contribution in [3.05, 3.63) is 100 Å². The maximum absolute atomic E-state index is 13.9. The Balaban J connectivity index is 1.50. The van der Waals surface area contributed by atoms with Gasteiger partial charge in [-0.15, -0.1) is 0 Å². The molecule has 0 radical (unpaired) electrons. The molecule has 1 N–H and O–H groups in total. The number of aryl methyl sites for hydroxylation is 1. The van der Waals surface area contributed by atoms with Crippen molar-refractivity contribution < 1.29 is 63.7 Å². The number of carbonyl (C=O) groups excluding carboxylic acids is 1. The second-order valence-corrected chi connectivity index (χ2v) is 12.4. The van der Waals surface area contributed by atoms with Gasteiger partial charge in [-0.2, -0.15) is 39.5 Å². The normalized spacial score (nSPS) is 20.0. The summed E-state index contributed by atoms with van der Waals surface area (Å²) in [5.41, 5.74) is -1.56. The number of allylic oxidation sites excluding steroid dienone is 3. The molecule has 0 aromatic heterocycles. The van der Waals surface area contributed by atoms with Crippen LogP contribution < -0.4 is 4.74 Å². The summed E-state index contributed by atoms with van der Waals surface area (Å²) < 4.78 is 134. The molecule has 1 amide bonds. The molecule has 272 valence electrons. The number of nitrogens with zero attached hydrogens (tertiary/aromatic N) is 1. The fourth-order valence-electron chi connectivity index (χ4n) is 6.38.